The van der Waals surface area contributed by atoms with Crippen molar-refractivity contribution in [1.29, 1.82) is 0 Å². The molecule has 0 fully saturated rings. The summed E-state index contributed by atoms with van der Waals surface area (Å²) < 4.78 is 45.9. The Labute approximate surface area is 297 Å². The Balaban J connectivity index is 0.00000468. The standard InChI is InChI=1S/C31H24NO15P.Na/c1-42-23-10-15(2-8-20(23)34)30-26(14-43-48(40,41)47-19-6-4-17(5-7-19)32(38)39)44-22-9-3-16(11-24(22)45-30)31-29(37)28(36)27-21(35)12-18(33)13-25(27)46-31;/h2-13,26,30,33-35,37H,14H2,1H3,(H,40,41);/q;+1/p-1. The summed E-state index contributed by atoms with van der Waals surface area (Å²) in [5.41, 5.74) is -0.944. The number of aromatic hydroxyl groups is 4. The third-order valence-corrected chi connectivity index (χ3v) is 8.10. The van der Waals surface area contributed by atoms with Gasteiger partial charge in [-0.3, -0.25) is 19.5 Å². The number of phenolic OH excluding ortho intramolecular Hbond substituents is 3. The minimum Gasteiger partial charge on any atom is -0.746 e. The summed E-state index contributed by atoms with van der Waals surface area (Å²) in [6.07, 6.45) is -2.26. The van der Waals surface area contributed by atoms with Gasteiger partial charge in [0.15, 0.2) is 41.0 Å². The largest absolute Gasteiger partial charge is 1.00 e. The van der Waals surface area contributed by atoms with Gasteiger partial charge in [-0.05, 0) is 42.5 Å². The average molecular weight is 703 g/mol. The molecule has 1 aliphatic heterocycles. The van der Waals surface area contributed by atoms with Crippen LogP contribution in [0.3, 0.4) is 0 Å². The Morgan fingerprint density at radius 2 is 1.65 bits per heavy atom. The van der Waals surface area contributed by atoms with E-state index >= 15 is 0 Å². The van der Waals surface area contributed by atoms with Crippen molar-refractivity contribution in [2.45, 2.75) is 12.2 Å². The number of non-ortho nitro benzene ring substituents is 1. The van der Waals surface area contributed by atoms with Crippen LogP contribution in [0.25, 0.3) is 22.3 Å². The summed E-state index contributed by atoms with van der Waals surface area (Å²) in [6, 6.07) is 14.7. The molecule has 49 heavy (non-hydrogen) atoms. The number of nitro benzene ring substituents is 1. The van der Waals surface area contributed by atoms with Crippen molar-refractivity contribution < 1.29 is 92.0 Å². The van der Waals surface area contributed by atoms with E-state index in [0.717, 1.165) is 36.4 Å². The number of ether oxygens (including phenoxy) is 3. The second-order valence-corrected chi connectivity index (χ2v) is 11.7. The summed E-state index contributed by atoms with van der Waals surface area (Å²) in [4.78, 5) is 35.8. The van der Waals surface area contributed by atoms with Gasteiger partial charge in [-0.15, -0.1) is 0 Å². The Kier molecular flexibility index (Phi) is 10.0. The quantitative estimate of drug-likeness (QED) is 0.0739. The summed E-state index contributed by atoms with van der Waals surface area (Å²) in [5, 5.41) is 51.4. The van der Waals surface area contributed by atoms with Gasteiger partial charge in [-0.1, -0.05) is 6.07 Å². The molecule has 3 atom stereocenters. The van der Waals surface area contributed by atoms with Crippen molar-refractivity contribution in [1.82, 2.24) is 0 Å². The van der Waals surface area contributed by atoms with Crippen LogP contribution in [0.2, 0.25) is 0 Å². The van der Waals surface area contributed by atoms with Gasteiger partial charge in [-0.25, -0.2) is 0 Å². The number of fused-ring (bicyclic) bond motifs is 2. The first-order valence-corrected chi connectivity index (χ1v) is 15.3. The van der Waals surface area contributed by atoms with E-state index in [1.54, 1.807) is 0 Å². The summed E-state index contributed by atoms with van der Waals surface area (Å²) in [7, 11) is -3.73. The van der Waals surface area contributed by atoms with Crippen LogP contribution in [0.5, 0.6) is 46.0 Å². The maximum absolute atomic E-state index is 12.9. The van der Waals surface area contributed by atoms with Crippen molar-refractivity contribution in [3.63, 3.8) is 0 Å². The minimum atomic E-state index is -5.06. The Morgan fingerprint density at radius 3 is 2.35 bits per heavy atom. The zero-order chi connectivity index (χ0) is 34.3. The maximum atomic E-state index is 12.9. The Hall–Kier alpha value is -4.96. The number of nitro groups is 1. The van der Waals surface area contributed by atoms with Crippen LogP contribution < -0.4 is 58.6 Å². The van der Waals surface area contributed by atoms with Crippen molar-refractivity contribution in [2.24, 2.45) is 0 Å². The summed E-state index contributed by atoms with van der Waals surface area (Å²) >= 11 is 0. The summed E-state index contributed by atoms with van der Waals surface area (Å²) in [5.74, 6) is -2.30. The van der Waals surface area contributed by atoms with Gasteiger partial charge in [0.2, 0.25) is 11.2 Å². The molecule has 0 radical (unpaired) electrons. The van der Waals surface area contributed by atoms with Crippen LogP contribution in [0.1, 0.15) is 11.7 Å². The van der Waals surface area contributed by atoms with Crippen LogP contribution >= 0.6 is 7.82 Å². The predicted octanol–water partition coefficient (Wildman–Crippen LogP) is 1.65. The first-order chi connectivity index (χ1) is 22.8. The number of benzene rings is 4. The fraction of sp³-hybridized carbons (Fsp3) is 0.129. The van der Waals surface area contributed by atoms with Gasteiger partial charge in [0.25, 0.3) is 5.69 Å². The first kappa shape index (κ1) is 35.3. The van der Waals surface area contributed by atoms with Crippen LogP contribution in [0.15, 0.2) is 82.0 Å². The van der Waals surface area contributed by atoms with Crippen LogP contribution in [-0.2, 0) is 9.09 Å². The molecule has 0 amide bonds. The molecule has 16 nitrogen and oxygen atoms in total. The van der Waals surface area contributed by atoms with Crippen molar-refractivity contribution in [3.8, 4) is 57.3 Å². The van der Waals surface area contributed by atoms with Crippen LogP contribution in [0.4, 0.5) is 5.69 Å². The molecule has 248 valence electrons. The molecule has 2 heterocycles. The normalized spacial score (nSPS) is 16.3. The SMILES string of the molecule is COc1cc(C2Oc3cc(-c4oc5cc(O)cc(O)c5c(=O)c4O)ccc3OC2COP(=O)([O-])Oc2ccc([N+](=O)[O-])cc2)ccc1O.[Na+]. The molecule has 5 aromatic rings. The second kappa shape index (κ2) is 13.9. The number of rotatable bonds is 9. The number of phenols is 3. The number of hydrogen-bond acceptors (Lipinski definition) is 15. The van der Waals surface area contributed by atoms with Gasteiger partial charge in [-0.2, -0.15) is 0 Å². The molecular weight excluding hydrogens is 680 g/mol. The van der Waals surface area contributed by atoms with Crippen molar-refractivity contribution in [3.05, 3.63) is 98.7 Å². The van der Waals surface area contributed by atoms with E-state index in [2.05, 4.69) is 0 Å². The molecule has 0 saturated heterocycles. The Morgan fingerprint density at radius 1 is 0.918 bits per heavy atom. The predicted molar refractivity (Wildman–Crippen MR) is 163 cm³/mol. The fourth-order valence-corrected chi connectivity index (χ4v) is 5.73. The van der Waals surface area contributed by atoms with E-state index in [9.17, 15) is 44.8 Å². The molecule has 4 N–H and O–H groups in total. The fourth-order valence-electron chi connectivity index (χ4n) is 4.97. The van der Waals surface area contributed by atoms with Crippen molar-refractivity contribution >= 4 is 24.5 Å². The van der Waals surface area contributed by atoms with E-state index in [1.165, 1.54) is 43.5 Å². The monoisotopic (exact) mass is 703 g/mol. The van der Waals surface area contributed by atoms with Gasteiger partial charge >= 0.3 is 37.4 Å². The van der Waals surface area contributed by atoms with E-state index in [-0.39, 0.29) is 92.0 Å². The van der Waals surface area contributed by atoms with E-state index in [4.69, 9.17) is 27.7 Å². The third kappa shape index (κ3) is 7.24. The van der Waals surface area contributed by atoms with Gasteiger partial charge in [0.1, 0.15) is 28.2 Å². The molecule has 4 aromatic carbocycles. The average Bonchev–Trinajstić information content (AvgIpc) is 3.04. The molecule has 0 spiro atoms. The molecular formula is C31H23NNaO15P. The zero-order valence-corrected chi connectivity index (χ0v) is 28.4. The van der Waals surface area contributed by atoms with Gasteiger partial charge in [0.05, 0.1) is 18.6 Å². The molecule has 0 aliphatic carbocycles. The van der Waals surface area contributed by atoms with Gasteiger partial charge in [0, 0.05) is 35.4 Å². The smallest absolute Gasteiger partial charge is 0.746 e. The third-order valence-electron chi connectivity index (χ3n) is 7.21. The van der Waals surface area contributed by atoms with E-state index in [0.29, 0.717) is 5.56 Å². The number of phosphoric acid groups is 1. The first-order valence-electron chi connectivity index (χ1n) is 13.8. The number of phosphoric ester groups is 1. The molecule has 1 aliphatic rings. The summed E-state index contributed by atoms with van der Waals surface area (Å²) in [6.45, 7) is -0.643. The second-order valence-electron chi connectivity index (χ2n) is 10.3. The maximum Gasteiger partial charge on any atom is 1.00 e. The molecule has 6 rings (SSSR count). The Bertz CT molecular complexity index is 2170. The molecule has 18 heteroatoms. The molecule has 0 bridgehead atoms. The van der Waals surface area contributed by atoms with Crippen LogP contribution in [0, 0.1) is 10.1 Å². The van der Waals surface area contributed by atoms with Gasteiger partial charge < -0.3 is 53.0 Å². The molecule has 1 aromatic heterocycles. The van der Waals surface area contributed by atoms with Crippen molar-refractivity contribution in [2.75, 3.05) is 13.7 Å². The van der Waals surface area contributed by atoms with E-state index < -0.39 is 48.5 Å². The number of methoxy groups -OCH3 is 1. The van der Waals surface area contributed by atoms with E-state index in [1.807, 2.05) is 0 Å². The zero-order valence-electron chi connectivity index (χ0n) is 25.5. The van der Waals surface area contributed by atoms with Crippen LogP contribution in [-0.4, -0.2) is 45.2 Å². The molecule has 3 unspecified atom stereocenters. The number of nitrogens with zero attached hydrogens (tertiary/aromatic N) is 1. The minimum absolute atomic E-state index is 0. The topological polar surface area (TPSA) is 241 Å². The molecule has 0 saturated carbocycles. The number of hydrogen-bond donors (Lipinski definition) is 4.